The fourth-order valence-electron chi connectivity index (χ4n) is 2.44. The summed E-state index contributed by atoms with van der Waals surface area (Å²) in [4.78, 5) is 2.42. The maximum absolute atomic E-state index is 6.03. The fraction of sp³-hybridized carbons (Fsp3) is 0.769. The van der Waals surface area contributed by atoms with Gasteiger partial charge in [0.1, 0.15) is 0 Å². The molecule has 0 amide bonds. The molecular formula is C13H24N4. The van der Waals surface area contributed by atoms with Crippen LogP contribution < -0.4 is 5.73 Å². The Labute approximate surface area is 104 Å². The molecule has 96 valence electrons. The van der Waals surface area contributed by atoms with Gasteiger partial charge in [0.25, 0.3) is 0 Å². The normalized spacial score (nSPS) is 25.9. The fourth-order valence-corrected chi connectivity index (χ4v) is 2.44. The molecule has 0 aromatic carbocycles. The van der Waals surface area contributed by atoms with Gasteiger partial charge in [-0.05, 0) is 11.8 Å². The highest BCUT2D eigenvalue weighted by Gasteiger charge is 2.26. The average Bonchev–Trinajstić information content (AvgIpc) is 2.75. The minimum absolute atomic E-state index is 0.334. The van der Waals surface area contributed by atoms with Crippen LogP contribution in [-0.4, -0.2) is 33.8 Å². The lowest BCUT2D eigenvalue weighted by Crippen LogP contribution is -2.28. The molecule has 1 saturated heterocycles. The van der Waals surface area contributed by atoms with Gasteiger partial charge in [0, 0.05) is 44.0 Å². The van der Waals surface area contributed by atoms with Crippen molar-refractivity contribution in [3.63, 3.8) is 0 Å². The molecule has 17 heavy (non-hydrogen) atoms. The van der Waals surface area contributed by atoms with Gasteiger partial charge in [0.2, 0.25) is 0 Å². The Morgan fingerprint density at radius 3 is 2.82 bits per heavy atom. The van der Waals surface area contributed by atoms with Gasteiger partial charge in [-0.2, -0.15) is 5.10 Å². The highest BCUT2D eigenvalue weighted by Crippen LogP contribution is 2.17. The second-order valence-corrected chi connectivity index (χ2v) is 5.80. The van der Waals surface area contributed by atoms with Crippen LogP contribution in [0.5, 0.6) is 0 Å². The summed E-state index contributed by atoms with van der Waals surface area (Å²) in [6.07, 6.45) is 4.14. The number of likely N-dealkylation sites (tertiary alicyclic amines) is 1. The summed E-state index contributed by atoms with van der Waals surface area (Å²) in [5.74, 6) is 1.25. The Kier molecular flexibility index (Phi) is 3.84. The summed E-state index contributed by atoms with van der Waals surface area (Å²) in [5, 5.41) is 4.40. The molecule has 2 heterocycles. The molecular weight excluding hydrogens is 212 g/mol. The van der Waals surface area contributed by atoms with Crippen molar-refractivity contribution in [2.75, 3.05) is 13.1 Å². The molecule has 4 heteroatoms. The van der Waals surface area contributed by atoms with Crippen LogP contribution in [0.2, 0.25) is 0 Å². The van der Waals surface area contributed by atoms with Crippen LogP contribution in [0.15, 0.2) is 12.4 Å². The number of hydrogen-bond acceptors (Lipinski definition) is 3. The molecule has 2 rings (SSSR count). The van der Waals surface area contributed by atoms with Crippen LogP contribution in [0.3, 0.4) is 0 Å². The first-order valence-corrected chi connectivity index (χ1v) is 6.54. The molecule has 0 bridgehead atoms. The SMILES string of the molecule is CC(C)Cn1cc(CN2CC(C)C(N)C2)cn1. The summed E-state index contributed by atoms with van der Waals surface area (Å²) >= 11 is 0. The smallest absolute Gasteiger partial charge is 0.0534 e. The maximum Gasteiger partial charge on any atom is 0.0534 e. The molecule has 2 N–H and O–H groups in total. The molecule has 1 aromatic rings. The number of rotatable bonds is 4. The standard InChI is InChI=1S/C13H24N4/c1-10(2)5-17-8-12(4-15-17)7-16-6-11(3)13(14)9-16/h4,8,10-11,13H,5-7,9,14H2,1-3H3. The Morgan fingerprint density at radius 2 is 2.24 bits per heavy atom. The molecule has 2 unspecified atom stereocenters. The summed E-state index contributed by atoms with van der Waals surface area (Å²) in [6, 6.07) is 0.334. The van der Waals surface area contributed by atoms with Gasteiger partial charge in [0.15, 0.2) is 0 Å². The van der Waals surface area contributed by atoms with Gasteiger partial charge in [0.05, 0.1) is 6.20 Å². The zero-order valence-electron chi connectivity index (χ0n) is 11.1. The van der Waals surface area contributed by atoms with Crippen LogP contribution in [-0.2, 0) is 13.1 Å². The van der Waals surface area contributed by atoms with Crippen LogP contribution in [0, 0.1) is 11.8 Å². The first-order valence-electron chi connectivity index (χ1n) is 6.54. The Hall–Kier alpha value is -0.870. The minimum Gasteiger partial charge on any atom is -0.326 e. The third-order valence-electron chi connectivity index (χ3n) is 3.39. The van der Waals surface area contributed by atoms with Gasteiger partial charge >= 0.3 is 0 Å². The second kappa shape index (κ2) is 5.19. The van der Waals surface area contributed by atoms with Gasteiger partial charge < -0.3 is 5.73 Å². The monoisotopic (exact) mass is 236 g/mol. The van der Waals surface area contributed by atoms with E-state index in [2.05, 4.69) is 37.0 Å². The average molecular weight is 236 g/mol. The molecule has 0 saturated carbocycles. The lowest BCUT2D eigenvalue weighted by Gasteiger charge is -2.13. The Bertz CT molecular complexity index is 348. The van der Waals surface area contributed by atoms with E-state index >= 15 is 0 Å². The summed E-state index contributed by atoms with van der Waals surface area (Å²) in [7, 11) is 0. The van der Waals surface area contributed by atoms with E-state index in [0.29, 0.717) is 17.9 Å². The lowest BCUT2D eigenvalue weighted by molar-refractivity contribution is 0.318. The first kappa shape index (κ1) is 12.6. The Morgan fingerprint density at radius 1 is 1.47 bits per heavy atom. The van der Waals surface area contributed by atoms with E-state index in [1.54, 1.807) is 0 Å². The van der Waals surface area contributed by atoms with Crippen molar-refractivity contribution in [1.82, 2.24) is 14.7 Å². The van der Waals surface area contributed by atoms with Crippen LogP contribution in [0.4, 0.5) is 0 Å². The minimum atomic E-state index is 0.334. The number of nitrogens with zero attached hydrogens (tertiary/aromatic N) is 3. The third kappa shape index (κ3) is 3.30. The Balaban J connectivity index is 1.89. The number of hydrogen-bond donors (Lipinski definition) is 1. The van der Waals surface area contributed by atoms with Gasteiger partial charge in [-0.3, -0.25) is 9.58 Å². The van der Waals surface area contributed by atoms with E-state index in [0.717, 1.165) is 26.2 Å². The number of aromatic nitrogens is 2. The zero-order chi connectivity index (χ0) is 12.4. The maximum atomic E-state index is 6.03. The van der Waals surface area contributed by atoms with Crippen molar-refractivity contribution in [1.29, 1.82) is 0 Å². The van der Waals surface area contributed by atoms with Crippen LogP contribution in [0.1, 0.15) is 26.3 Å². The predicted molar refractivity (Wildman–Crippen MR) is 69.5 cm³/mol. The van der Waals surface area contributed by atoms with Crippen molar-refractivity contribution in [2.24, 2.45) is 17.6 Å². The first-order chi connectivity index (χ1) is 8.04. The molecule has 1 aromatic heterocycles. The van der Waals surface area contributed by atoms with E-state index in [-0.39, 0.29) is 0 Å². The number of nitrogens with two attached hydrogens (primary N) is 1. The van der Waals surface area contributed by atoms with Crippen molar-refractivity contribution in [3.05, 3.63) is 18.0 Å². The molecule has 2 atom stereocenters. The zero-order valence-corrected chi connectivity index (χ0v) is 11.1. The summed E-state index contributed by atoms with van der Waals surface area (Å²) < 4.78 is 2.04. The van der Waals surface area contributed by atoms with E-state index in [1.165, 1.54) is 5.56 Å². The van der Waals surface area contributed by atoms with E-state index in [9.17, 15) is 0 Å². The highest BCUT2D eigenvalue weighted by atomic mass is 15.3. The van der Waals surface area contributed by atoms with E-state index < -0.39 is 0 Å². The molecule has 1 aliphatic rings. The van der Waals surface area contributed by atoms with E-state index in [1.807, 2.05) is 10.9 Å². The molecule has 1 aliphatic heterocycles. The highest BCUT2D eigenvalue weighted by molar-refractivity contribution is 5.04. The van der Waals surface area contributed by atoms with Crippen molar-refractivity contribution < 1.29 is 0 Å². The largest absolute Gasteiger partial charge is 0.326 e. The molecule has 0 spiro atoms. The quantitative estimate of drug-likeness (QED) is 0.857. The molecule has 4 nitrogen and oxygen atoms in total. The molecule has 0 aliphatic carbocycles. The topological polar surface area (TPSA) is 47.1 Å². The summed E-state index contributed by atoms with van der Waals surface area (Å²) in [5.41, 5.74) is 7.33. The van der Waals surface area contributed by atoms with Gasteiger partial charge in [-0.25, -0.2) is 0 Å². The third-order valence-corrected chi connectivity index (χ3v) is 3.39. The van der Waals surface area contributed by atoms with Crippen LogP contribution in [0.25, 0.3) is 0 Å². The van der Waals surface area contributed by atoms with Gasteiger partial charge in [-0.15, -0.1) is 0 Å². The predicted octanol–water partition coefficient (Wildman–Crippen LogP) is 1.32. The van der Waals surface area contributed by atoms with Crippen LogP contribution >= 0.6 is 0 Å². The molecule has 0 radical (unpaired) electrons. The van der Waals surface area contributed by atoms with Crippen molar-refractivity contribution in [2.45, 2.75) is 39.9 Å². The van der Waals surface area contributed by atoms with Crippen molar-refractivity contribution in [3.8, 4) is 0 Å². The van der Waals surface area contributed by atoms with Gasteiger partial charge in [-0.1, -0.05) is 20.8 Å². The van der Waals surface area contributed by atoms with Crippen molar-refractivity contribution >= 4 is 0 Å². The lowest BCUT2D eigenvalue weighted by atomic mass is 10.1. The second-order valence-electron chi connectivity index (χ2n) is 5.80. The summed E-state index contributed by atoms with van der Waals surface area (Å²) in [6.45, 7) is 10.7. The molecule has 1 fully saturated rings. The van der Waals surface area contributed by atoms with E-state index in [4.69, 9.17) is 5.73 Å².